The van der Waals surface area contributed by atoms with Crippen LogP contribution in [0.2, 0.25) is 0 Å². The lowest BCUT2D eigenvalue weighted by molar-refractivity contribution is -0.161. The first-order valence-electron chi connectivity index (χ1n) is 45.5. The van der Waals surface area contributed by atoms with Crippen LogP contribution in [0.1, 0.15) is 472 Å². The van der Waals surface area contributed by atoms with Crippen LogP contribution in [0.3, 0.4) is 0 Å². The largest absolute Gasteiger partial charge is 0.472 e. The minimum atomic E-state index is -4.97. The van der Waals surface area contributed by atoms with E-state index in [4.69, 9.17) is 37.0 Å². The number of carbonyl (C=O) groups is 4. The van der Waals surface area contributed by atoms with E-state index < -0.39 is 97.5 Å². The average molecular weight is 1560 g/mol. The Balaban J connectivity index is 5.23. The molecule has 0 heterocycles. The van der Waals surface area contributed by atoms with Gasteiger partial charge in [0.2, 0.25) is 0 Å². The molecule has 0 saturated heterocycles. The van der Waals surface area contributed by atoms with E-state index in [1.165, 1.54) is 283 Å². The van der Waals surface area contributed by atoms with Crippen molar-refractivity contribution >= 4 is 39.5 Å². The Bertz CT molecular complexity index is 2050. The fraction of sp³-hybridized carbons (Fsp3) is 0.955. The minimum Gasteiger partial charge on any atom is -0.462 e. The van der Waals surface area contributed by atoms with Crippen LogP contribution in [0.5, 0.6) is 0 Å². The molecule has 0 aromatic heterocycles. The molecular formula is C88H172O17P2. The Morgan fingerprint density at radius 2 is 0.477 bits per heavy atom. The monoisotopic (exact) mass is 1560 g/mol. The quantitative estimate of drug-likeness (QED) is 0.0222. The van der Waals surface area contributed by atoms with Crippen molar-refractivity contribution in [3.05, 3.63) is 0 Å². The molecule has 0 aliphatic heterocycles. The summed E-state index contributed by atoms with van der Waals surface area (Å²) < 4.78 is 69.0. The molecule has 107 heavy (non-hydrogen) atoms. The predicted molar refractivity (Wildman–Crippen MR) is 442 cm³/mol. The maximum atomic E-state index is 13.2. The highest BCUT2D eigenvalue weighted by molar-refractivity contribution is 7.47. The molecule has 19 heteroatoms. The number of aliphatic hydroxyl groups is 1. The zero-order valence-electron chi connectivity index (χ0n) is 70.5. The van der Waals surface area contributed by atoms with Gasteiger partial charge in [-0.1, -0.05) is 420 Å². The van der Waals surface area contributed by atoms with Gasteiger partial charge in [-0.05, 0) is 37.5 Å². The minimum absolute atomic E-state index is 0.108. The smallest absolute Gasteiger partial charge is 0.462 e. The van der Waals surface area contributed by atoms with Crippen molar-refractivity contribution in [2.75, 3.05) is 39.6 Å². The summed E-state index contributed by atoms with van der Waals surface area (Å²) in [6, 6.07) is 0. The summed E-state index contributed by atoms with van der Waals surface area (Å²) in [4.78, 5) is 73.3. The zero-order valence-corrected chi connectivity index (χ0v) is 72.2. The van der Waals surface area contributed by atoms with E-state index in [0.717, 1.165) is 108 Å². The number of ether oxygens (including phenoxy) is 4. The summed E-state index contributed by atoms with van der Waals surface area (Å²) in [5.74, 6) is -0.558. The standard InChI is InChI=1S/C88H172O17P2/c1-7-10-12-14-16-18-20-22-24-26-27-28-29-31-37-41-45-49-53-61-66-72-87(92)104-83(76-98-85(90)70-64-58-51-47-43-39-35-33-32-34-38-42-46-50-56-62-68-80(4)5)78-102-106(94,95)100-74-82(89)75-101-107(96,97)103-79-84(77-99-86(91)71-65-59-55-54-57-63-69-81(6)9-3)105-88(93)73-67-60-52-48-44-40-36-30-25-23-21-19-17-15-13-11-8-2/h80-84,89H,7-79H2,1-6H3,(H,94,95)(H,96,97)/t81?,82-,83-,84-/m1/s1. The van der Waals surface area contributed by atoms with Gasteiger partial charge in [0.25, 0.3) is 0 Å². The van der Waals surface area contributed by atoms with Gasteiger partial charge < -0.3 is 33.8 Å². The van der Waals surface area contributed by atoms with Crippen LogP contribution in [-0.4, -0.2) is 96.7 Å². The van der Waals surface area contributed by atoms with Crippen molar-refractivity contribution in [1.29, 1.82) is 0 Å². The molecule has 0 saturated carbocycles. The van der Waals surface area contributed by atoms with Gasteiger partial charge in [0, 0.05) is 25.7 Å². The third-order valence-electron chi connectivity index (χ3n) is 21.1. The predicted octanol–water partition coefficient (Wildman–Crippen LogP) is 27.0. The zero-order chi connectivity index (χ0) is 78.5. The molecule has 0 aromatic rings. The maximum Gasteiger partial charge on any atom is 0.472 e. The second kappa shape index (κ2) is 79.3. The third-order valence-corrected chi connectivity index (χ3v) is 23.0. The van der Waals surface area contributed by atoms with Crippen molar-refractivity contribution in [1.82, 2.24) is 0 Å². The molecule has 3 unspecified atom stereocenters. The lowest BCUT2D eigenvalue weighted by Crippen LogP contribution is -2.30. The number of esters is 4. The van der Waals surface area contributed by atoms with Crippen LogP contribution in [-0.2, 0) is 65.4 Å². The summed E-state index contributed by atoms with van der Waals surface area (Å²) >= 11 is 0. The molecule has 0 aliphatic carbocycles. The Morgan fingerprint density at radius 1 is 0.271 bits per heavy atom. The van der Waals surface area contributed by atoms with Gasteiger partial charge in [0.05, 0.1) is 26.4 Å². The summed E-state index contributed by atoms with van der Waals surface area (Å²) in [5.41, 5.74) is 0. The first-order valence-corrected chi connectivity index (χ1v) is 48.5. The first-order chi connectivity index (χ1) is 51.9. The maximum absolute atomic E-state index is 13.2. The van der Waals surface area contributed by atoms with Gasteiger partial charge in [0.15, 0.2) is 12.2 Å². The van der Waals surface area contributed by atoms with Crippen molar-refractivity contribution < 1.29 is 80.2 Å². The lowest BCUT2D eigenvalue weighted by atomic mass is 10.00. The summed E-state index contributed by atoms with van der Waals surface area (Å²) in [5, 5.41) is 10.7. The molecule has 0 rings (SSSR count). The summed E-state index contributed by atoms with van der Waals surface area (Å²) in [6.45, 7) is 9.68. The molecule has 0 amide bonds. The SMILES string of the molecule is CCCCCCCCCCCCCCCCCCCCCCCC(=O)O[C@H](COC(=O)CCCCCCCCCCCCCCCCCCC(C)C)COP(=O)(O)OC[C@@H](O)COP(=O)(O)OC[C@@H](COC(=O)CCCCCCCCC(C)CC)OC(=O)CCCCCCCCCCCCCCCCCCC. The van der Waals surface area contributed by atoms with Crippen molar-refractivity contribution in [3.63, 3.8) is 0 Å². The molecule has 636 valence electrons. The number of phosphoric ester groups is 2. The van der Waals surface area contributed by atoms with E-state index >= 15 is 0 Å². The Morgan fingerprint density at radius 3 is 0.710 bits per heavy atom. The van der Waals surface area contributed by atoms with Crippen molar-refractivity contribution in [3.8, 4) is 0 Å². The molecule has 0 aliphatic rings. The fourth-order valence-corrected chi connectivity index (χ4v) is 15.3. The molecule has 0 bridgehead atoms. The second-order valence-electron chi connectivity index (χ2n) is 32.4. The summed E-state index contributed by atoms with van der Waals surface area (Å²) in [7, 11) is -9.93. The molecule has 0 spiro atoms. The number of aliphatic hydroxyl groups excluding tert-OH is 1. The van der Waals surface area contributed by atoms with E-state index in [9.17, 15) is 43.2 Å². The van der Waals surface area contributed by atoms with Crippen LogP contribution >= 0.6 is 15.6 Å². The van der Waals surface area contributed by atoms with Crippen molar-refractivity contribution in [2.24, 2.45) is 11.8 Å². The van der Waals surface area contributed by atoms with E-state index in [2.05, 4.69) is 41.5 Å². The van der Waals surface area contributed by atoms with Crippen LogP contribution in [0.25, 0.3) is 0 Å². The lowest BCUT2D eigenvalue weighted by Gasteiger charge is -2.21. The van der Waals surface area contributed by atoms with Crippen LogP contribution in [0, 0.1) is 11.8 Å². The normalized spacial score (nSPS) is 14.0. The molecule has 0 fully saturated rings. The van der Waals surface area contributed by atoms with Gasteiger partial charge in [-0.25, -0.2) is 9.13 Å². The molecule has 0 aromatic carbocycles. The Labute approximate surface area is 658 Å². The second-order valence-corrected chi connectivity index (χ2v) is 35.3. The molecule has 0 radical (unpaired) electrons. The Hall–Kier alpha value is -1.94. The number of hydrogen-bond acceptors (Lipinski definition) is 15. The highest BCUT2D eigenvalue weighted by Crippen LogP contribution is 2.45. The Kier molecular flexibility index (Phi) is 77.9. The van der Waals surface area contributed by atoms with Crippen LogP contribution in [0.4, 0.5) is 0 Å². The molecule has 6 atom stereocenters. The number of unbranched alkanes of at least 4 members (excludes halogenated alkanes) is 56. The van der Waals surface area contributed by atoms with E-state index in [0.29, 0.717) is 25.7 Å². The van der Waals surface area contributed by atoms with Gasteiger partial charge in [-0.3, -0.25) is 37.3 Å². The van der Waals surface area contributed by atoms with E-state index in [1.54, 1.807) is 0 Å². The van der Waals surface area contributed by atoms with Crippen molar-refractivity contribution in [2.45, 2.75) is 490 Å². The molecule has 17 nitrogen and oxygen atoms in total. The van der Waals surface area contributed by atoms with Crippen LogP contribution < -0.4 is 0 Å². The van der Waals surface area contributed by atoms with Gasteiger partial charge in [0.1, 0.15) is 19.3 Å². The van der Waals surface area contributed by atoms with E-state index in [-0.39, 0.29) is 25.7 Å². The van der Waals surface area contributed by atoms with Crippen LogP contribution in [0.15, 0.2) is 0 Å². The fourth-order valence-electron chi connectivity index (χ4n) is 13.7. The average Bonchev–Trinajstić information content (AvgIpc) is 0.915. The summed E-state index contributed by atoms with van der Waals surface area (Å²) in [6.07, 6.45) is 72.3. The number of phosphoric acid groups is 2. The third kappa shape index (κ3) is 80.5. The van der Waals surface area contributed by atoms with E-state index in [1.807, 2.05) is 0 Å². The van der Waals surface area contributed by atoms with Gasteiger partial charge >= 0.3 is 39.5 Å². The number of carbonyl (C=O) groups excluding carboxylic acids is 4. The number of hydrogen-bond donors (Lipinski definition) is 3. The highest BCUT2D eigenvalue weighted by atomic mass is 31.2. The van der Waals surface area contributed by atoms with Gasteiger partial charge in [-0.2, -0.15) is 0 Å². The first kappa shape index (κ1) is 105. The highest BCUT2D eigenvalue weighted by Gasteiger charge is 2.31. The van der Waals surface area contributed by atoms with Gasteiger partial charge in [-0.15, -0.1) is 0 Å². The molecular weight excluding hydrogens is 1390 g/mol. The topological polar surface area (TPSA) is 237 Å². The molecule has 3 N–H and O–H groups in total. The number of rotatable bonds is 87.